The minimum absolute atomic E-state index is 0. The predicted molar refractivity (Wildman–Crippen MR) is 120 cm³/mol. The van der Waals surface area contributed by atoms with E-state index >= 15 is 0 Å². The number of hydrogen-bond donors (Lipinski definition) is 2. The van der Waals surface area contributed by atoms with Crippen LogP contribution in [0.5, 0.6) is 0 Å². The quantitative estimate of drug-likeness (QED) is 0.261. The Morgan fingerprint density at radius 1 is 1.32 bits per heavy atom. The molecule has 0 spiro atoms. The normalized spacial score (nSPS) is 16.3. The first-order valence-corrected chi connectivity index (χ1v) is 10.3. The maximum atomic E-state index is 4.42. The van der Waals surface area contributed by atoms with Gasteiger partial charge in [0.1, 0.15) is 0 Å². The molecule has 0 aromatic carbocycles. The van der Waals surface area contributed by atoms with Crippen molar-refractivity contribution in [3.05, 3.63) is 30.1 Å². The van der Waals surface area contributed by atoms with Crippen molar-refractivity contribution in [3.63, 3.8) is 0 Å². The van der Waals surface area contributed by atoms with Crippen molar-refractivity contribution in [1.82, 2.24) is 20.5 Å². The Balaban J connectivity index is 0.00000312. The van der Waals surface area contributed by atoms with Crippen LogP contribution in [0, 0.1) is 0 Å². The van der Waals surface area contributed by atoms with E-state index in [4.69, 9.17) is 0 Å². The van der Waals surface area contributed by atoms with E-state index in [0.717, 1.165) is 50.7 Å². The number of aromatic nitrogens is 1. The van der Waals surface area contributed by atoms with Gasteiger partial charge < -0.3 is 10.6 Å². The number of thioether (sulfide) groups is 1. The van der Waals surface area contributed by atoms with Crippen molar-refractivity contribution in [1.29, 1.82) is 0 Å². The fraction of sp³-hybridized carbons (Fsp3) is 0.667. The van der Waals surface area contributed by atoms with E-state index in [0.29, 0.717) is 6.04 Å². The Labute approximate surface area is 173 Å². The number of pyridine rings is 1. The topological polar surface area (TPSA) is 52.6 Å². The van der Waals surface area contributed by atoms with Crippen LogP contribution in [-0.2, 0) is 6.54 Å². The second-order valence-corrected chi connectivity index (χ2v) is 7.20. The van der Waals surface area contributed by atoms with E-state index in [9.17, 15) is 0 Å². The molecular weight excluding hydrogens is 445 g/mol. The van der Waals surface area contributed by atoms with Gasteiger partial charge in [-0.3, -0.25) is 14.9 Å². The first-order chi connectivity index (χ1) is 11.8. The summed E-state index contributed by atoms with van der Waals surface area (Å²) >= 11 is 1.91. The Bertz CT molecular complexity index is 478. The lowest BCUT2D eigenvalue weighted by atomic mass is 10.0. The van der Waals surface area contributed by atoms with E-state index in [1.165, 1.54) is 18.6 Å². The summed E-state index contributed by atoms with van der Waals surface area (Å²) in [6.45, 7) is 4.17. The second-order valence-electron chi connectivity index (χ2n) is 6.21. The molecule has 1 aliphatic heterocycles. The molecule has 0 radical (unpaired) electrons. The van der Waals surface area contributed by atoms with Crippen molar-refractivity contribution in [2.24, 2.45) is 4.99 Å². The van der Waals surface area contributed by atoms with Gasteiger partial charge in [-0.15, -0.1) is 24.0 Å². The molecule has 142 valence electrons. The molecule has 0 aliphatic carbocycles. The van der Waals surface area contributed by atoms with Gasteiger partial charge >= 0.3 is 0 Å². The Morgan fingerprint density at radius 3 is 2.76 bits per heavy atom. The van der Waals surface area contributed by atoms with Crippen molar-refractivity contribution in [2.75, 3.05) is 38.7 Å². The summed E-state index contributed by atoms with van der Waals surface area (Å²) in [6, 6.07) is 6.65. The molecule has 2 heterocycles. The largest absolute Gasteiger partial charge is 0.356 e. The summed E-state index contributed by atoms with van der Waals surface area (Å²) in [5.41, 5.74) is 1.16. The molecule has 1 fully saturated rings. The minimum Gasteiger partial charge on any atom is -0.356 e. The van der Waals surface area contributed by atoms with Gasteiger partial charge in [-0.1, -0.05) is 6.07 Å². The molecule has 1 saturated heterocycles. The number of piperidine rings is 1. The standard InChI is InChI=1S/C18H31N5S.HI/c1-19-18(21-11-5-6-14-24-2)22-16-8-12-23(13-9-16)15-17-7-3-4-10-20-17;/h3-4,7,10,16H,5-6,8-9,11-15H2,1-2H3,(H2,19,21,22);1H. The van der Waals surface area contributed by atoms with E-state index in [1.807, 2.05) is 31.1 Å². The number of nitrogens with zero attached hydrogens (tertiary/aromatic N) is 3. The van der Waals surface area contributed by atoms with Gasteiger partial charge in [0, 0.05) is 45.5 Å². The number of guanidine groups is 1. The molecule has 0 bridgehead atoms. The molecule has 1 aromatic rings. The van der Waals surface area contributed by atoms with Crippen LogP contribution < -0.4 is 10.6 Å². The number of aliphatic imine (C=N–C) groups is 1. The first kappa shape index (κ1) is 22.5. The van der Waals surface area contributed by atoms with Gasteiger partial charge in [0.2, 0.25) is 0 Å². The summed E-state index contributed by atoms with van der Waals surface area (Å²) in [4.78, 5) is 11.3. The monoisotopic (exact) mass is 477 g/mol. The van der Waals surface area contributed by atoms with Crippen LogP contribution in [0.15, 0.2) is 29.4 Å². The third-order valence-electron chi connectivity index (χ3n) is 4.33. The van der Waals surface area contributed by atoms with E-state index in [1.54, 1.807) is 0 Å². The van der Waals surface area contributed by atoms with Crippen LogP contribution in [0.1, 0.15) is 31.4 Å². The lowest BCUT2D eigenvalue weighted by Gasteiger charge is -2.32. The molecule has 25 heavy (non-hydrogen) atoms. The molecule has 0 saturated carbocycles. The maximum Gasteiger partial charge on any atom is 0.191 e. The van der Waals surface area contributed by atoms with Crippen molar-refractivity contribution in [3.8, 4) is 0 Å². The Morgan fingerprint density at radius 2 is 2.12 bits per heavy atom. The summed E-state index contributed by atoms with van der Waals surface area (Å²) in [5.74, 6) is 2.19. The minimum atomic E-state index is 0. The molecule has 7 heteroatoms. The van der Waals surface area contributed by atoms with Crippen molar-refractivity contribution < 1.29 is 0 Å². The highest BCUT2D eigenvalue weighted by Gasteiger charge is 2.20. The number of nitrogens with one attached hydrogen (secondary N) is 2. The fourth-order valence-electron chi connectivity index (χ4n) is 2.92. The molecule has 0 amide bonds. The summed E-state index contributed by atoms with van der Waals surface area (Å²) in [7, 11) is 1.85. The van der Waals surface area contributed by atoms with Crippen LogP contribution in [0.3, 0.4) is 0 Å². The average molecular weight is 477 g/mol. The van der Waals surface area contributed by atoms with Crippen LogP contribution in [0.4, 0.5) is 0 Å². The SMILES string of the molecule is CN=C(NCCCCSC)NC1CCN(Cc2ccccn2)CC1.I. The zero-order valence-corrected chi connectivity index (χ0v) is 18.6. The molecule has 1 aromatic heterocycles. The van der Waals surface area contributed by atoms with E-state index < -0.39 is 0 Å². The molecule has 2 rings (SSSR count). The Hall–Kier alpha value is -0.540. The highest BCUT2D eigenvalue weighted by atomic mass is 127. The van der Waals surface area contributed by atoms with Gasteiger partial charge in [0.05, 0.1) is 5.69 Å². The lowest BCUT2D eigenvalue weighted by Crippen LogP contribution is -2.48. The summed E-state index contributed by atoms with van der Waals surface area (Å²) < 4.78 is 0. The second kappa shape index (κ2) is 13.6. The number of rotatable bonds is 8. The molecule has 0 atom stereocenters. The van der Waals surface area contributed by atoms with Gasteiger partial charge in [0.25, 0.3) is 0 Å². The third-order valence-corrected chi connectivity index (χ3v) is 5.03. The van der Waals surface area contributed by atoms with Crippen molar-refractivity contribution in [2.45, 2.75) is 38.3 Å². The Kier molecular flexibility index (Phi) is 12.3. The van der Waals surface area contributed by atoms with E-state index in [-0.39, 0.29) is 24.0 Å². The van der Waals surface area contributed by atoms with E-state index in [2.05, 4.69) is 43.9 Å². The first-order valence-electron chi connectivity index (χ1n) is 8.90. The highest BCUT2D eigenvalue weighted by molar-refractivity contribution is 14.0. The van der Waals surface area contributed by atoms with Crippen LogP contribution in [-0.4, -0.2) is 60.6 Å². The zero-order chi connectivity index (χ0) is 17.0. The summed E-state index contributed by atoms with van der Waals surface area (Å²) in [5, 5.41) is 7.01. The highest BCUT2D eigenvalue weighted by Crippen LogP contribution is 2.12. The van der Waals surface area contributed by atoms with Crippen LogP contribution in [0.25, 0.3) is 0 Å². The number of likely N-dealkylation sites (tertiary alicyclic amines) is 1. The van der Waals surface area contributed by atoms with Gasteiger partial charge in [-0.25, -0.2) is 0 Å². The number of hydrogen-bond acceptors (Lipinski definition) is 4. The van der Waals surface area contributed by atoms with Gasteiger partial charge in [-0.05, 0) is 49.8 Å². The number of halogens is 1. The molecular formula is C18H32IN5S. The third kappa shape index (κ3) is 9.10. The molecule has 5 nitrogen and oxygen atoms in total. The molecule has 1 aliphatic rings. The fourth-order valence-corrected chi connectivity index (χ4v) is 3.42. The van der Waals surface area contributed by atoms with Gasteiger partial charge in [-0.2, -0.15) is 11.8 Å². The zero-order valence-electron chi connectivity index (χ0n) is 15.4. The molecule has 0 unspecified atom stereocenters. The number of unbranched alkanes of at least 4 members (excludes halogenated alkanes) is 1. The maximum absolute atomic E-state index is 4.42. The van der Waals surface area contributed by atoms with Gasteiger partial charge in [0.15, 0.2) is 5.96 Å². The molecule has 2 N–H and O–H groups in total. The van der Waals surface area contributed by atoms with Crippen LogP contribution >= 0.6 is 35.7 Å². The lowest BCUT2D eigenvalue weighted by molar-refractivity contribution is 0.196. The van der Waals surface area contributed by atoms with Crippen molar-refractivity contribution >= 4 is 41.7 Å². The average Bonchev–Trinajstić information content (AvgIpc) is 2.63. The van der Waals surface area contributed by atoms with Crippen LogP contribution in [0.2, 0.25) is 0 Å². The predicted octanol–water partition coefficient (Wildman–Crippen LogP) is 2.97. The summed E-state index contributed by atoms with van der Waals surface area (Å²) in [6.07, 6.45) is 8.80. The smallest absolute Gasteiger partial charge is 0.191 e.